The highest BCUT2D eigenvalue weighted by molar-refractivity contribution is 6.36. The van der Waals surface area contributed by atoms with Crippen molar-refractivity contribution in [2.45, 2.75) is 57.7 Å². The van der Waals surface area contributed by atoms with Gasteiger partial charge in [-0.15, -0.1) is 0 Å². The van der Waals surface area contributed by atoms with E-state index in [0.29, 0.717) is 44.2 Å². The van der Waals surface area contributed by atoms with Crippen LogP contribution in [0.4, 0.5) is 25.1 Å². The number of anilines is 2. The van der Waals surface area contributed by atoms with Crippen LogP contribution in [0.25, 0.3) is 10.8 Å². The standard InChI is InChI=1S/C32H39ClF2N6O3/c1-31(2,3)44-30(42)40-15-13-39(14-16-40)28-23-11-12-41(26-10-6-8-21-7-5-9-24(33)27(21)26)18-25(23)36-29(37-28)43-19-22-17-32(34,35)20-38(22)4/h5-10,22H,11-20H2,1-4H3/t22-/m0/s1. The van der Waals surface area contributed by atoms with Crippen molar-refractivity contribution >= 4 is 40.0 Å². The molecule has 0 unspecified atom stereocenters. The number of likely N-dealkylation sites (N-methyl/N-ethyl adjacent to an activating group) is 1. The zero-order chi connectivity index (χ0) is 31.2. The van der Waals surface area contributed by atoms with Crippen molar-refractivity contribution in [1.29, 1.82) is 0 Å². The van der Waals surface area contributed by atoms with E-state index in [4.69, 9.17) is 31.0 Å². The molecule has 9 nitrogen and oxygen atoms in total. The molecule has 236 valence electrons. The van der Waals surface area contributed by atoms with E-state index in [9.17, 15) is 13.6 Å². The summed E-state index contributed by atoms with van der Waals surface area (Å²) in [6.07, 6.45) is 0.118. The number of amides is 1. The maximum absolute atomic E-state index is 14.0. The third-order valence-corrected chi connectivity index (χ3v) is 8.78. The fourth-order valence-corrected chi connectivity index (χ4v) is 6.58. The van der Waals surface area contributed by atoms with Crippen molar-refractivity contribution in [1.82, 2.24) is 19.8 Å². The molecule has 0 spiro atoms. The second-order valence-electron chi connectivity index (χ2n) is 12.9. The van der Waals surface area contributed by atoms with Gasteiger partial charge in [0.15, 0.2) is 0 Å². The van der Waals surface area contributed by atoms with E-state index in [0.717, 1.165) is 40.1 Å². The summed E-state index contributed by atoms with van der Waals surface area (Å²) in [6, 6.07) is 11.8. The minimum absolute atomic E-state index is 0.0688. The Kier molecular flexibility index (Phi) is 8.21. The van der Waals surface area contributed by atoms with E-state index in [-0.39, 0.29) is 31.7 Å². The van der Waals surface area contributed by atoms with Crippen LogP contribution in [0.3, 0.4) is 0 Å². The molecule has 44 heavy (non-hydrogen) atoms. The molecule has 1 atom stereocenters. The van der Waals surface area contributed by atoms with Crippen LogP contribution in [0, 0.1) is 0 Å². The van der Waals surface area contributed by atoms with Gasteiger partial charge in [0.2, 0.25) is 0 Å². The molecule has 12 heteroatoms. The lowest BCUT2D eigenvalue weighted by atomic mass is 10.0. The molecule has 4 heterocycles. The SMILES string of the molecule is CN1CC(F)(F)C[C@H]1COc1nc2c(c(N3CCN(C(=O)OC(C)(C)C)CC3)n1)CCN(c1cccc3cccc(Cl)c13)C2. The molecule has 3 aliphatic rings. The third kappa shape index (κ3) is 6.49. The quantitative estimate of drug-likeness (QED) is 0.361. The number of nitrogens with zero attached hydrogens (tertiary/aromatic N) is 6. The highest BCUT2D eigenvalue weighted by Gasteiger charge is 2.43. The number of piperazine rings is 1. The Bertz CT molecular complexity index is 1540. The number of alkyl halides is 2. The third-order valence-electron chi connectivity index (χ3n) is 8.47. The van der Waals surface area contributed by atoms with E-state index in [1.165, 1.54) is 0 Å². The minimum Gasteiger partial charge on any atom is -0.462 e. The molecule has 1 amide bonds. The Morgan fingerprint density at radius 1 is 1.05 bits per heavy atom. The Morgan fingerprint density at radius 3 is 2.45 bits per heavy atom. The van der Waals surface area contributed by atoms with Crippen molar-refractivity contribution < 1.29 is 23.0 Å². The van der Waals surface area contributed by atoms with Crippen molar-refractivity contribution in [2.24, 2.45) is 0 Å². The maximum Gasteiger partial charge on any atom is 0.410 e. The number of carbonyl (C=O) groups excluding carboxylic acids is 1. The van der Waals surface area contributed by atoms with Crippen molar-refractivity contribution in [3.05, 3.63) is 52.7 Å². The number of fused-ring (bicyclic) bond motifs is 2. The van der Waals surface area contributed by atoms with E-state index in [1.54, 1.807) is 16.8 Å². The summed E-state index contributed by atoms with van der Waals surface area (Å²) in [7, 11) is 1.69. The molecular formula is C32H39ClF2N6O3. The number of hydrogen-bond donors (Lipinski definition) is 0. The first kappa shape index (κ1) is 30.6. The van der Waals surface area contributed by atoms with Crippen LogP contribution in [-0.2, 0) is 17.7 Å². The first-order valence-corrected chi connectivity index (χ1v) is 15.5. The van der Waals surface area contributed by atoms with Crippen LogP contribution < -0.4 is 14.5 Å². The van der Waals surface area contributed by atoms with Gasteiger partial charge in [0, 0.05) is 61.8 Å². The van der Waals surface area contributed by atoms with Crippen LogP contribution in [0.15, 0.2) is 36.4 Å². The van der Waals surface area contributed by atoms with Gasteiger partial charge in [-0.3, -0.25) is 4.90 Å². The van der Waals surface area contributed by atoms with Crippen molar-refractivity contribution in [2.75, 3.05) is 62.7 Å². The first-order chi connectivity index (χ1) is 20.9. The average Bonchev–Trinajstić information content (AvgIpc) is 3.25. The first-order valence-electron chi connectivity index (χ1n) is 15.1. The topological polar surface area (TPSA) is 74.3 Å². The summed E-state index contributed by atoms with van der Waals surface area (Å²) in [5.41, 5.74) is 2.33. The van der Waals surface area contributed by atoms with E-state index >= 15 is 0 Å². The van der Waals surface area contributed by atoms with Crippen LogP contribution in [0.5, 0.6) is 6.01 Å². The van der Waals surface area contributed by atoms with Gasteiger partial charge in [-0.05, 0) is 51.8 Å². The number of halogens is 3. The number of benzene rings is 2. The lowest BCUT2D eigenvalue weighted by Gasteiger charge is -2.38. The van der Waals surface area contributed by atoms with Crippen molar-refractivity contribution in [3.8, 4) is 6.01 Å². The number of carbonyl (C=O) groups is 1. The van der Waals surface area contributed by atoms with E-state index < -0.39 is 17.6 Å². The van der Waals surface area contributed by atoms with Gasteiger partial charge in [-0.2, -0.15) is 9.97 Å². The summed E-state index contributed by atoms with van der Waals surface area (Å²) >= 11 is 6.67. The molecule has 6 rings (SSSR count). The molecule has 3 aliphatic heterocycles. The molecule has 2 aromatic carbocycles. The molecule has 0 N–H and O–H groups in total. The second-order valence-corrected chi connectivity index (χ2v) is 13.3. The molecule has 0 saturated carbocycles. The summed E-state index contributed by atoms with van der Waals surface area (Å²) in [4.78, 5) is 30.1. The summed E-state index contributed by atoms with van der Waals surface area (Å²) in [5, 5.41) is 2.75. The second kappa shape index (κ2) is 11.8. The molecule has 2 fully saturated rings. The van der Waals surface area contributed by atoms with Gasteiger partial charge in [0.25, 0.3) is 5.92 Å². The number of hydrogen-bond acceptors (Lipinski definition) is 8. The molecule has 0 bridgehead atoms. The summed E-state index contributed by atoms with van der Waals surface area (Å²) in [6.45, 7) is 8.74. The molecule has 1 aromatic heterocycles. The van der Waals surface area contributed by atoms with Crippen LogP contribution in [0.1, 0.15) is 38.4 Å². The summed E-state index contributed by atoms with van der Waals surface area (Å²) < 4.78 is 39.7. The summed E-state index contributed by atoms with van der Waals surface area (Å²) in [5.74, 6) is -1.96. The predicted molar refractivity (Wildman–Crippen MR) is 167 cm³/mol. The highest BCUT2D eigenvalue weighted by Crippen LogP contribution is 2.37. The van der Waals surface area contributed by atoms with Gasteiger partial charge in [0.1, 0.15) is 18.0 Å². The fourth-order valence-electron chi connectivity index (χ4n) is 6.30. The van der Waals surface area contributed by atoms with Crippen LogP contribution in [0.2, 0.25) is 5.02 Å². The molecule has 2 saturated heterocycles. The average molecular weight is 629 g/mol. The number of aromatic nitrogens is 2. The fraction of sp³-hybridized carbons (Fsp3) is 0.531. The van der Waals surface area contributed by atoms with Gasteiger partial charge in [-0.1, -0.05) is 35.9 Å². The van der Waals surface area contributed by atoms with E-state index in [2.05, 4.69) is 28.0 Å². The normalized spacial score (nSPS) is 20.6. The molecule has 0 aliphatic carbocycles. The number of likely N-dealkylation sites (tertiary alicyclic amines) is 1. The maximum atomic E-state index is 14.0. The lowest BCUT2D eigenvalue weighted by molar-refractivity contribution is 0.0136. The highest BCUT2D eigenvalue weighted by atomic mass is 35.5. The predicted octanol–water partition coefficient (Wildman–Crippen LogP) is 5.62. The lowest BCUT2D eigenvalue weighted by Crippen LogP contribution is -2.50. The van der Waals surface area contributed by atoms with Gasteiger partial charge in [0.05, 0.1) is 23.8 Å². The zero-order valence-corrected chi connectivity index (χ0v) is 26.4. The number of rotatable bonds is 5. The molecular weight excluding hydrogens is 590 g/mol. The zero-order valence-electron chi connectivity index (χ0n) is 25.7. The molecule has 0 radical (unpaired) electrons. The smallest absolute Gasteiger partial charge is 0.410 e. The Labute approximate surface area is 261 Å². The Balaban J connectivity index is 1.27. The van der Waals surface area contributed by atoms with E-state index in [1.807, 2.05) is 39.0 Å². The molecule has 3 aromatic rings. The van der Waals surface area contributed by atoms with Crippen LogP contribution in [-0.4, -0.2) is 96.3 Å². The van der Waals surface area contributed by atoms with Gasteiger partial charge in [-0.25, -0.2) is 13.6 Å². The monoisotopic (exact) mass is 628 g/mol. The van der Waals surface area contributed by atoms with Crippen LogP contribution >= 0.6 is 11.6 Å². The van der Waals surface area contributed by atoms with Crippen molar-refractivity contribution in [3.63, 3.8) is 0 Å². The number of ether oxygens (including phenoxy) is 2. The van der Waals surface area contributed by atoms with Gasteiger partial charge < -0.3 is 24.2 Å². The largest absolute Gasteiger partial charge is 0.462 e. The van der Waals surface area contributed by atoms with Gasteiger partial charge >= 0.3 is 12.1 Å². The Hall–Kier alpha value is -3.44. The minimum atomic E-state index is -2.74. The Morgan fingerprint density at radius 2 is 1.77 bits per heavy atom.